The lowest BCUT2D eigenvalue weighted by Gasteiger charge is -2.38. The van der Waals surface area contributed by atoms with Crippen LogP contribution in [0.15, 0.2) is 24.3 Å². The van der Waals surface area contributed by atoms with Crippen LogP contribution in [0, 0.1) is 0 Å². The highest BCUT2D eigenvalue weighted by Crippen LogP contribution is 2.38. The molecular weight excluding hydrogens is 184 g/mol. The van der Waals surface area contributed by atoms with Gasteiger partial charge in [-0.05, 0) is 17.7 Å². The van der Waals surface area contributed by atoms with Gasteiger partial charge in [0.25, 0.3) is 0 Å². The molecule has 1 aromatic carbocycles. The molecule has 0 saturated carbocycles. The monoisotopic (exact) mass is 194 g/mol. The van der Waals surface area contributed by atoms with Crippen molar-refractivity contribution in [2.45, 2.75) is 12.0 Å². The predicted octanol–water partition coefficient (Wildman–Crippen LogP) is 1.09. The highest BCUT2D eigenvalue weighted by Gasteiger charge is 2.47. The number of phenols is 1. The number of phenolic OH excluding ortho intramolecular Hbond substituents is 1. The summed E-state index contributed by atoms with van der Waals surface area (Å²) < 4.78 is 5.12. The van der Waals surface area contributed by atoms with Crippen LogP contribution in [0.5, 0.6) is 5.75 Å². The third-order valence-corrected chi connectivity index (χ3v) is 2.48. The second-order valence-corrected chi connectivity index (χ2v) is 3.28. The third kappa shape index (κ3) is 1.15. The lowest BCUT2D eigenvalue weighted by Crippen LogP contribution is -2.47. The van der Waals surface area contributed by atoms with Crippen LogP contribution in [-0.2, 0) is 15.1 Å². The van der Waals surface area contributed by atoms with E-state index in [0.29, 0.717) is 18.6 Å². The smallest absolute Gasteiger partial charge is 0.340 e. The number of rotatable bonds is 2. The van der Waals surface area contributed by atoms with Gasteiger partial charge in [0.05, 0.1) is 6.61 Å². The van der Waals surface area contributed by atoms with E-state index in [9.17, 15) is 4.79 Å². The molecule has 0 radical (unpaired) electrons. The Kier molecular flexibility index (Phi) is 1.93. The Morgan fingerprint density at radius 2 is 1.93 bits per heavy atom. The minimum atomic E-state index is -1.19. The Morgan fingerprint density at radius 3 is 2.29 bits per heavy atom. The zero-order valence-corrected chi connectivity index (χ0v) is 7.43. The Bertz CT molecular complexity index is 351. The van der Waals surface area contributed by atoms with Crippen LogP contribution >= 0.6 is 0 Å². The first-order chi connectivity index (χ1) is 6.65. The number of ether oxygens (including phenoxy) is 1. The Hall–Kier alpha value is -1.55. The quantitative estimate of drug-likeness (QED) is 0.739. The summed E-state index contributed by atoms with van der Waals surface area (Å²) in [5.74, 6) is -0.858. The van der Waals surface area contributed by atoms with Gasteiger partial charge in [-0.1, -0.05) is 12.1 Å². The second kappa shape index (κ2) is 2.99. The summed E-state index contributed by atoms with van der Waals surface area (Å²) in [5.41, 5.74) is -0.609. The van der Waals surface area contributed by atoms with Crippen LogP contribution < -0.4 is 0 Å². The number of carboxylic acids is 1. The fourth-order valence-corrected chi connectivity index (χ4v) is 1.56. The molecule has 0 spiro atoms. The molecule has 2 N–H and O–H groups in total. The molecule has 0 amide bonds. The summed E-state index contributed by atoms with van der Waals surface area (Å²) in [5, 5.41) is 18.1. The molecule has 1 atom stereocenters. The van der Waals surface area contributed by atoms with E-state index < -0.39 is 11.6 Å². The van der Waals surface area contributed by atoms with Gasteiger partial charge in [-0.25, -0.2) is 4.79 Å². The molecule has 4 nitrogen and oxygen atoms in total. The molecule has 0 aliphatic carbocycles. The van der Waals surface area contributed by atoms with E-state index in [2.05, 4.69) is 0 Å². The fraction of sp³-hybridized carbons (Fsp3) is 0.300. The molecule has 14 heavy (non-hydrogen) atoms. The SMILES string of the molecule is O=C(O)C1(c2ccc(O)cc2)CCO1. The number of carbonyl (C=O) groups is 1. The zero-order valence-electron chi connectivity index (χ0n) is 7.43. The van der Waals surface area contributed by atoms with Crippen LogP contribution in [0.1, 0.15) is 12.0 Å². The van der Waals surface area contributed by atoms with Crippen LogP contribution in [0.3, 0.4) is 0 Å². The van der Waals surface area contributed by atoms with Crippen molar-refractivity contribution in [3.05, 3.63) is 29.8 Å². The first kappa shape index (κ1) is 9.02. The van der Waals surface area contributed by atoms with E-state index in [1.807, 2.05) is 0 Å². The summed E-state index contributed by atoms with van der Waals surface area (Å²) in [6, 6.07) is 6.06. The van der Waals surface area contributed by atoms with E-state index in [-0.39, 0.29) is 5.75 Å². The van der Waals surface area contributed by atoms with Crippen molar-refractivity contribution in [1.82, 2.24) is 0 Å². The number of benzene rings is 1. The molecule has 1 aliphatic rings. The van der Waals surface area contributed by atoms with Gasteiger partial charge in [0.1, 0.15) is 5.75 Å². The molecule has 1 fully saturated rings. The van der Waals surface area contributed by atoms with Crippen LogP contribution in [0.2, 0.25) is 0 Å². The maximum Gasteiger partial charge on any atom is 0.340 e. The summed E-state index contributed by atoms with van der Waals surface area (Å²) in [6.45, 7) is 0.465. The van der Waals surface area contributed by atoms with E-state index in [0.717, 1.165) is 0 Å². The van der Waals surface area contributed by atoms with Gasteiger partial charge in [0.2, 0.25) is 0 Å². The molecule has 1 heterocycles. The normalized spacial score (nSPS) is 25.4. The van der Waals surface area contributed by atoms with E-state index in [4.69, 9.17) is 14.9 Å². The molecule has 0 bridgehead atoms. The van der Waals surface area contributed by atoms with Gasteiger partial charge in [-0.15, -0.1) is 0 Å². The summed E-state index contributed by atoms with van der Waals surface area (Å²) in [6.07, 6.45) is 0.479. The summed E-state index contributed by atoms with van der Waals surface area (Å²) in [7, 11) is 0. The minimum absolute atomic E-state index is 0.119. The average Bonchev–Trinajstić information content (AvgIpc) is 2.05. The highest BCUT2D eigenvalue weighted by molar-refractivity contribution is 5.80. The van der Waals surface area contributed by atoms with Gasteiger partial charge in [-0.3, -0.25) is 0 Å². The van der Waals surface area contributed by atoms with Crippen molar-refractivity contribution in [2.75, 3.05) is 6.61 Å². The predicted molar refractivity (Wildman–Crippen MR) is 48.0 cm³/mol. The van der Waals surface area contributed by atoms with Crippen LogP contribution in [0.25, 0.3) is 0 Å². The maximum absolute atomic E-state index is 11.0. The minimum Gasteiger partial charge on any atom is -0.508 e. The standard InChI is InChI=1S/C10H10O4/c11-8-3-1-7(2-4-8)10(9(12)13)5-6-14-10/h1-4,11H,5-6H2,(H,12,13). The van der Waals surface area contributed by atoms with Crippen molar-refractivity contribution >= 4 is 5.97 Å². The number of hydrogen-bond acceptors (Lipinski definition) is 3. The van der Waals surface area contributed by atoms with Gasteiger partial charge in [0, 0.05) is 6.42 Å². The van der Waals surface area contributed by atoms with E-state index >= 15 is 0 Å². The topological polar surface area (TPSA) is 66.8 Å². The van der Waals surface area contributed by atoms with Crippen molar-refractivity contribution in [3.63, 3.8) is 0 Å². The van der Waals surface area contributed by atoms with Crippen LogP contribution in [0.4, 0.5) is 0 Å². The molecule has 74 valence electrons. The number of carboxylic acid groups (broad SMARTS) is 1. The molecule has 1 saturated heterocycles. The average molecular weight is 194 g/mol. The number of aliphatic carboxylic acids is 1. The van der Waals surface area contributed by atoms with Crippen molar-refractivity contribution in [2.24, 2.45) is 0 Å². The van der Waals surface area contributed by atoms with Gasteiger partial charge in [0.15, 0.2) is 5.60 Å². The fourth-order valence-electron chi connectivity index (χ4n) is 1.56. The largest absolute Gasteiger partial charge is 0.508 e. The Morgan fingerprint density at radius 1 is 1.36 bits per heavy atom. The van der Waals surface area contributed by atoms with Gasteiger partial charge in [-0.2, -0.15) is 0 Å². The number of aromatic hydroxyl groups is 1. The van der Waals surface area contributed by atoms with Crippen molar-refractivity contribution < 1.29 is 19.7 Å². The molecule has 1 unspecified atom stereocenters. The molecule has 0 aromatic heterocycles. The Labute approximate surface area is 80.7 Å². The lowest BCUT2D eigenvalue weighted by molar-refractivity contribution is -0.197. The number of hydrogen-bond donors (Lipinski definition) is 2. The van der Waals surface area contributed by atoms with Gasteiger partial charge >= 0.3 is 5.97 Å². The van der Waals surface area contributed by atoms with Crippen molar-refractivity contribution in [3.8, 4) is 5.75 Å². The van der Waals surface area contributed by atoms with Crippen molar-refractivity contribution in [1.29, 1.82) is 0 Å². The molecule has 2 rings (SSSR count). The summed E-state index contributed by atoms with van der Waals surface area (Å²) >= 11 is 0. The molecule has 1 aromatic rings. The Balaban J connectivity index is 2.37. The maximum atomic E-state index is 11.0. The van der Waals surface area contributed by atoms with E-state index in [1.54, 1.807) is 12.1 Å². The second-order valence-electron chi connectivity index (χ2n) is 3.28. The molecule has 1 aliphatic heterocycles. The van der Waals surface area contributed by atoms with Gasteiger partial charge < -0.3 is 14.9 Å². The first-order valence-corrected chi connectivity index (χ1v) is 4.32. The lowest BCUT2D eigenvalue weighted by atomic mass is 9.86. The first-order valence-electron chi connectivity index (χ1n) is 4.32. The zero-order chi connectivity index (χ0) is 10.2. The van der Waals surface area contributed by atoms with E-state index in [1.165, 1.54) is 12.1 Å². The highest BCUT2D eigenvalue weighted by atomic mass is 16.5. The molecule has 4 heteroatoms. The van der Waals surface area contributed by atoms with Crippen LogP contribution in [-0.4, -0.2) is 22.8 Å². The summed E-state index contributed by atoms with van der Waals surface area (Å²) in [4.78, 5) is 11.0. The molecular formula is C10H10O4. The third-order valence-electron chi connectivity index (χ3n) is 2.48.